The number of carbonyl (C=O) groups is 1. The molecular formula is C20H22Cl2N2O2S. The number of nitrogens with one attached hydrogen (secondary N) is 2. The lowest BCUT2D eigenvalue weighted by Crippen LogP contribution is -2.34. The van der Waals surface area contributed by atoms with Crippen LogP contribution in [0.5, 0.6) is 5.75 Å². The fraction of sp³-hybridized carbons (Fsp3) is 0.300. The molecule has 0 atom stereocenters. The third-order valence-corrected chi connectivity index (χ3v) is 4.56. The van der Waals surface area contributed by atoms with Crippen LogP contribution in [0.25, 0.3) is 0 Å². The van der Waals surface area contributed by atoms with Crippen LogP contribution in [-0.2, 0) is 0 Å². The molecule has 0 saturated carbocycles. The van der Waals surface area contributed by atoms with E-state index in [2.05, 4.69) is 17.6 Å². The molecule has 0 bridgehead atoms. The van der Waals surface area contributed by atoms with Gasteiger partial charge in [0.05, 0.1) is 22.9 Å². The van der Waals surface area contributed by atoms with Gasteiger partial charge in [0.25, 0.3) is 5.91 Å². The van der Waals surface area contributed by atoms with Crippen molar-refractivity contribution in [2.24, 2.45) is 0 Å². The molecule has 7 heteroatoms. The smallest absolute Gasteiger partial charge is 0.261 e. The molecule has 0 spiro atoms. The van der Waals surface area contributed by atoms with E-state index in [0.29, 0.717) is 33.7 Å². The number of thiocarbonyl (C=S) groups is 1. The highest BCUT2D eigenvalue weighted by Crippen LogP contribution is 2.25. The van der Waals surface area contributed by atoms with Gasteiger partial charge in [0.1, 0.15) is 5.75 Å². The van der Waals surface area contributed by atoms with Crippen molar-refractivity contribution in [2.45, 2.75) is 32.6 Å². The number of carbonyl (C=O) groups excluding carboxylic acids is 1. The zero-order valence-corrected chi connectivity index (χ0v) is 17.4. The standard InChI is InChI=1S/C20H22Cl2N2O2S/c1-2-3-4-7-12-26-18-9-6-5-8-15(18)19(25)24-20(27)23-17-13-14(21)10-11-16(17)22/h5-6,8-11,13H,2-4,7,12H2,1H3,(H2,23,24,25,27). The first-order valence-electron chi connectivity index (χ1n) is 8.80. The lowest BCUT2D eigenvalue weighted by molar-refractivity contribution is 0.0973. The molecule has 0 aliphatic rings. The van der Waals surface area contributed by atoms with Gasteiger partial charge in [0, 0.05) is 5.02 Å². The van der Waals surface area contributed by atoms with Gasteiger partial charge < -0.3 is 10.1 Å². The van der Waals surface area contributed by atoms with Crippen LogP contribution in [0, 0.1) is 0 Å². The minimum atomic E-state index is -0.352. The Kier molecular flexibility index (Phi) is 8.85. The molecule has 0 fully saturated rings. The number of hydrogen-bond acceptors (Lipinski definition) is 3. The largest absolute Gasteiger partial charge is 0.493 e. The predicted octanol–water partition coefficient (Wildman–Crippen LogP) is 6.08. The number of unbranched alkanes of at least 4 members (excludes halogenated alkanes) is 3. The van der Waals surface area contributed by atoms with Gasteiger partial charge in [-0.1, -0.05) is 61.5 Å². The van der Waals surface area contributed by atoms with Gasteiger partial charge in [-0.05, 0) is 49.0 Å². The molecule has 4 nitrogen and oxygen atoms in total. The summed E-state index contributed by atoms with van der Waals surface area (Å²) < 4.78 is 5.78. The van der Waals surface area contributed by atoms with Gasteiger partial charge in [-0.25, -0.2) is 0 Å². The van der Waals surface area contributed by atoms with E-state index < -0.39 is 0 Å². The zero-order chi connectivity index (χ0) is 19.6. The summed E-state index contributed by atoms with van der Waals surface area (Å²) >= 11 is 17.3. The van der Waals surface area contributed by atoms with E-state index in [4.69, 9.17) is 40.2 Å². The van der Waals surface area contributed by atoms with Crippen LogP contribution in [-0.4, -0.2) is 17.6 Å². The second-order valence-electron chi connectivity index (χ2n) is 5.94. The predicted molar refractivity (Wildman–Crippen MR) is 116 cm³/mol. The zero-order valence-electron chi connectivity index (χ0n) is 15.1. The Labute approximate surface area is 175 Å². The van der Waals surface area contributed by atoms with E-state index in [1.54, 1.807) is 36.4 Å². The Hall–Kier alpha value is -1.82. The number of ether oxygens (including phenoxy) is 1. The van der Waals surface area contributed by atoms with Crippen molar-refractivity contribution in [2.75, 3.05) is 11.9 Å². The summed E-state index contributed by atoms with van der Waals surface area (Å²) in [7, 11) is 0. The molecule has 27 heavy (non-hydrogen) atoms. The second-order valence-corrected chi connectivity index (χ2v) is 7.19. The average Bonchev–Trinajstić information content (AvgIpc) is 2.64. The highest BCUT2D eigenvalue weighted by atomic mass is 35.5. The third kappa shape index (κ3) is 7.01. The quantitative estimate of drug-likeness (QED) is 0.398. The molecule has 0 aromatic heterocycles. The highest BCUT2D eigenvalue weighted by molar-refractivity contribution is 7.80. The van der Waals surface area contributed by atoms with Crippen molar-refractivity contribution in [3.63, 3.8) is 0 Å². The Morgan fingerprint density at radius 1 is 1.11 bits per heavy atom. The SMILES string of the molecule is CCCCCCOc1ccccc1C(=O)NC(=S)Nc1cc(Cl)ccc1Cl. The van der Waals surface area contributed by atoms with Crippen LogP contribution in [0.3, 0.4) is 0 Å². The molecule has 0 aliphatic carbocycles. The molecule has 0 unspecified atom stereocenters. The average molecular weight is 425 g/mol. The fourth-order valence-electron chi connectivity index (χ4n) is 2.41. The van der Waals surface area contributed by atoms with E-state index >= 15 is 0 Å². The monoisotopic (exact) mass is 424 g/mol. The molecule has 0 heterocycles. The Bertz CT molecular complexity index is 799. The molecule has 2 aromatic rings. The van der Waals surface area contributed by atoms with Gasteiger partial charge >= 0.3 is 0 Å². The number of benzene rings is 2. The van der Waals surface area contributed by atoms with E-state index in [1.807, 2.05) is 6.07 Å². The van der Waals surface area contributed by atoms with E-state index in [9.17, 15) is 4.79 Å². The van der Waals surface area contributed by atoms with Gasteiger partial charge in [0.2, 0.25) is 0 Å². The maximum Gasteiger partial charge on any atom is 0.261 e. The molecule has 0 radical (unpaired) electrons. The van der Waals surface area contributed by atoms with E-state index in [1.165, 1.54) is 12.8 Å². The maximum absolute atomic E-state index is 12.6. The van der Waals surface area contributed by atoms with Crippen LogP contribution in [0.15, 0.2) is 42.5 Å². The van der Waals surface area contributed by atoms with Crippen molar-refractivity contribution >= 4 is 52.1 Å². The number of rotatable bonds is 8. The van der Waals surface area contributed by atoms with Crippen LogP contribution in [0.2, 0.25) is 10.0 Å². The lowest BCUT2D eigenvalue weighted by atomic mass is 10.2. The van der Waals surface area contributed by atoms with Crippen LogP contribution in [0.1, 0.15) is 43.0 Å². The summed E-state index contributed by atoms with van der Waals surface area (Å²) in [5.41, 5.74) is 0.948. The van der Waals surface area contributed by atoms with Gasteiger partial charge in [-0.2, -0.15) is 0 Å². The van der Waals surface area contributed by atoms with Crippen molar-refractivity contribution in [1.29, 1.82) is 0 Å². The third-order valence-electron chi connectivity index (χ3n) is 3.79. The van der Waals surface area contributed by atoms with Crippen LogP contribution >= 0.6 is 35.4 Å². The molecule has 0 saturated heterocycles. The second kappa shape index (κ2) is 11.1. The number of halogens is 2. The van der Waals surface area contributed by atoms with Crippen LogP contribution < -0.4 is 15.4 Å². The lowest BCUT2D eigenvalue weighted by Gasteiger charge is -2.14. The van der Waals surface area contributed by atoms with E-state index in [0.717, 1.165) is 12.8 Å². The topological polar surface area (TPSA) is 50.4 Å². The number of hydrogen-bond donors (Lipinski definition) is 2. The van der Waals surface area contributed by atoms with Gasteiger partial charge in [-0.15, -0.1) is 0 Å². The Balaban J connectivity index is 1.96. The molecule has 2 N–H and O–H groups in total. The van der Waals surface area contributed by atoms with Gasteiger partial charge in [0.15, 0.2) is 5.11 Å². The van der Waals surface area contributed by atoms with Gasteiger partial charge in [-0.3, -0.25) is 10.1 Å². The molecule has 144 valence electrons. The summed E-state index contributed by atoms with van der Waals surface area (Å²) in [5, 5.41) is 6.61. The summed E-state index contributed by atoms with van der Waals surface area (Å²) in [6.45, 7) is 2.74. The minimum absolute atomic E-state index is 0.127. The number of anilines is 1. The first-order chi connectivity index (χ1) is 13.0. The Morgan fingerprint density at radius 2 is 1.89 bits per heavy atom. The molecule has 2 aromatic carbocycles. The molecule has 2 rings (SSSR count). The highest BCUT2D eigenvalue weighted by Gasteiger charge is 2.14. The van der Waals surface area contributed by atoms with Crippen molar-refractivity contribution in [3.05, 3.63) is 58.1 Å². The fourth-order valence-corrected chi connectivity index (χ4v) is 2.95. The van der Waals surface area contributed by atoms with Crippen molar-refractivity contribution in [3.8, 4) is 5.75 Å². The summed E-state index contributed by atoms with van der Waals surface area (Å²) in [4.78, 5) is 12.6. The summed E-state index contributed by atoms with van der Waals surface area (Å²) in [6, 6.07) is 12.0. The maximum atomic E-state index is 12.6. The summed E-state index contributed by atoms with van der Waals surface area (Å²) in [5.74, 6) is 0.185. The minimum Gasteiger partial charge on any atom is -0.493 e. The first kappa shape index (κ1) is 21.5. The molecular weight excluding hydrogens is 403 g/mol. The van der Waals surface area contributed by atoms with Crippen LogP contribution in [0.4, 0.5) is 5.69 Å². The normalized spacial score (nSPS) is 10.3. The van der Waals surface area contributed by atoms with Crippen molar-refractivity contribution < 1.29 is 9.53 Å². The van der Waals surface area contributed by atoms with Crippen molar-refractivity contribution in [1.82, 2.24) is 5.32 Å². The summed E-state index contributed by atoms with van der Waals surface area (Å²) in [6.07, 6.45) is 4.41. The first-order valence-corrected chi connectivity index (χ1v) is 9.97. The number of amides is 1. The Morgan fingerprint density at radius 3 is 2.67 bits per heavy atom. The number of para-hydroxylation sites is 1. The molecule has 0 aliphatic heterocycles. The molecule has 1 amide bonds. The van der Waals surface area contributed by atoms with E-state index in [-0.39, 0.29) is 11.0 Å².